The highest BCUT2D eigenvalue weighted by Gasteiger charge is 2.30. The number of amides is 2. The molecule has 0 bridgehead atoms. The molecule has 2 amide bonds. The second-order valence-electron chi connectivity index (χ2n) is 6.52. The Morgan fingerprint density at radius 3 is 3.12 bits per heavy atom. The number of aryl methyl sites for hydroxylation is 1. The monoisotopic (exact) mass is 340 g/mol. The van der Waals surface area contributed by atoms with Crippen LogP contribution in [0.15, 0.2) is 24.4 Å². The maximum absolute atomic E-state index is 12.9. The van der Waals surface area contributed by atoms with Gasteiger partial charge in [0.25, 0.3) is 11.8 Å². The fraction of sp³-hybridized carbons (Fsp3) is 0.389. The topological polar surface area (TPSA) is 85.2 Å². The van der Waals surface area contributed by atoms with Gasteiger partial charge in [-0.15, -0.1) is 0 Å². The number of carbonyl (C=O) groups excluding carboxylic acids is 2. The molecular weight excluding hydrogens is 320 g/mol. The van der Waals surface area contributed by atoms with Crippen LogP contribution in [0.4, 0.5) is 5.69 Å². The molecule has 2 atom stereocenters. The summed E-state index contributed by atoms with van der Waals surface area (Å²) >= 11 is 0. The van der Waals surface area contributed by atoms with Gasteiger partial charge in [0.05, 0.1) is 23.5 Å². The summed E-state index contributed by atoms with van der Waals surface area (Å²) in [5.41, 5.74) is 3.21. The first-order valence-corrected chi connectivity index (χ1v) is 8.46. The van der Waals surface area contributed by atoms with Gasteiger partial charge in [-0.3, -0.25) is 14.3 Å². The molecule has 1 aromatic carbocycles. The van der Waals surface area contributed by atoms with Crippen LogP contribution in [0.25, 0.3) is 0 Å². The summed E-state index contributed by atoms with van der Waals surface area (Å²) in [7, 11) is 1.93. The van der Waals surface area contributed by atoms with E-state index in [0.717, 1.165) is 24.8 Å². The predicted molar refractivity (Wildman–Crippen MR) is 91.5 cm³/mol. The lowest BCUT2D eigenvalue weighted by molar-refractivity contribution is -0.122. The van der Waals surface area contributed by atoms with Gasteiger partial charge < -0.3 is 15.4 Å². The van der Waals surface area contributed by atoms with Crippen molar-refractivity contribution in [1.82, 2.24) is 15.1 Å². The minimum atomic E-state index is -0.624. The molecule has 0 spiro atoms. The average Bonchev–Trinajstić information content (AvgIpc) is 2.98. The number of nitrogens with zero attached hydrogens (tertiary/aromatic N) is 2. The van der Waals surface area contributed by atoms with Crippen molar-refractivity contribution in [2.24, 2.45) is 7.05 Å². The molecule has 7 nitrogen and oxygen atoms in total. The molecule has 0 unspecified atom stereocenters. The third-order valence-corrected chi connectivity index (χ3v) is 4.86. The molecule has 7 heteroatoms. The summed E-state index contributed by atoms with van der Waals surface area (Å²) in [5.74, 6) is 0.00793. The van der Waals surface area contributed by atoms with Crippen LogP contribution in [0.2, 0.25) is 0 Å². The molecule has 2 heterocycles. The van der Waals surface area contributed by atoms with Gasteiger partial charge in [0, 0.05) is 18.3 Å². The number of hydrogen-bond acceptors (Lipinski definition) is 4. The van der Waals surface area contributed by atoms with E-state index in [9.17, 15) is 9.59 Å². The van der Waals surface area contributed by atoms with Crippen LogP contribution in [-0.4, -0.2) is 27.7 Å². The minimum absolute atomic E-state index is 0.0589. The van der Waals surface area contributed by atoms with Gasteiger partial charge in [-0.05, 0) is 38.3 Å². The molecule has 2 aliphatic rings. The first-order chi connectivity index (χ1) is 12.0. The molecule has 130 valence electrons. The number of anilines is 1. The van der Waals surface area contributed by atoms with Gasteiger partial charge in [0.15, 0.2) is 11.9 Å². The van der Waals surface area contributed by atoms with Crippen molar-refractivity contribution < 1.29 is 14.3 Å². The highest BCUT2D eigenvalue weighted by Crippen LogP contribution is 2.34. The number of rotatable bonds is 2. The molecule has 0 fully saturated rings. The molecule has 4 rings (SSSR count). The van der Waals surface area contributed by atoms with Crippen molar-refractivity contribution in [1.29, 1.82) is 0 Å². The average molecular weight is 340 g/mol. The molecular formula is C18H20N4O3. The number of ether oxygens (including phenoxy) is 1. The fourth-order valence-electron chi connectivity index (χ4n) is 3.50. The van der Waals surface area contributed by atoms with Gasteiger partial charge in [0.1, 0.15) is 0 Å². The lowest BCUT2D eigenvalue weighted by Crippen LogP contribution is -2.36. The van der Waals surface area contributed by atoms with Crippen LogP contribution in [-0.2, 0) is 18.3 Å². The van der Waals surface area contributed by atoms with Gasteiger partial charge in [-0.1, -0.05) is 6.07 Å². The van der Waals surface area contributed by atoms with E-state index in [4.69, 9.17) is 4.74 Å². The highest BCUT2D eigenvalue weighted by atomic mass is 16.5. The summed E-state index contributed by atoms with van der Waals surface area (Å²) < 4.78 is 7.54. The molecule has 1 aliphatic heterocycles. The number of benzene rings is 1. The summed E-state index contributed by atoms with van der Waals surface area (Å²) in [6, 6.07) is 5.13. The van der Waals surface area contributed by atoms with E-state index in [1.165, 1.54) is 5.69 Å². The van der Waals surface area contributed by atoms with Crippen LogP contribution in [0, 0.1) is 0 Å². The quantitative estimate of drug-likeness (QED) is 0.875. The number of aromatic nitrogens is 2. The normalized spacial score (nSPS) is 21.6. The Hall–Kier alpha value is -2.83. The van der Waals surface area contributed by atoms with Crippen molar-refractivity contribution in [3.63, 3.8) is 0 Å². The van der Waals surface area contributed by atoms with E-state index in [1.807, 2.05) is 17.9 Å². The zero-order valence-corrected chi connectivity index (χ0v) is 14.2. The van der Waals surface area contributed by atoms with Crippen LogP contribution in [0.1, 0.15) is 47.4 Å². The number of nitrogens with one attached hydrogen (secondary N) is 2. The van der Waals surface area contributed by atoms with Crippen molar-refractivity contribution in [3.8, 4) is 5.75 Å². The Morgan fingerprint density at radius 1 is 1.44 bits per heavy atom. The largest absolute Gasteiger partial charge is 0.478 e. The second-order valence-corrected chi connectivity index (χ2v) is 6.52. The summed E-state index contributed by atoms with van der Waals surface area (Å²) in [6.07, 6.45) is 4.08. The van der Waals surface area contributed by atoms with Crippen molar-refractivity contribution >= 4 is 17.5 Å². The maximum atomic E-state index is 12.9. The number of para-hydroxylation sites is 1. The highest BCUT2D eigenvalue weighted by molar-refractivity contribution is 6.04. The van der Waals surface area contributed by atoms with E-state index < -0.39 is 6.10 Å². The Kier molecular flexibility index (Phi) is 3.71. The lowest BCUT2D eigenvalue weighted by Gasteiger charge is -2.27. The second kappa shape index (κ2) is 5.91. The third-order valence-electron chi connectivity index (χ3n) is 4.86. The standard InChI is InChI=1S/C18H20N4O3/c1-10-17(23)21-14-7-3-5-11(16(14)25-10)18(24)20-13-6-4-8-15-12(13)9-19-22(15)2/h3,5,7,9-10,13H,4,6,8H2,1-2H3,(H,20,24)(H,21,23)/t10-,13-/m0/s1. The zero-order chi connectivity index (χ0) is 17.6. The predicted octanol–water partition coefficient (Wildman–Crippen LogP) is 1.95. The van der Waals surface area contributed by atoms with E-state index in [0.29, 0.717) is 17.0 Å². The Labute approximate surface area is 145 Å². The molecule has 2 N–H and O–H groups in total. The fourth-order valence-corrected chi connectivity index (χ4v) is 3.50. The molecule has 0 saturated carbocycles. The zero-order valence-electron chi connectivity index (χ0n) is 14.2. The minimum Gasteiger partial charge on any atom is -0.478 e. The smallest absolute Gasteiger partial charge is 0.265 e. The van der Waals surface area contributed by atoms with Crippen molar-refractivity contribution in [2.75, 3.05) is 5.32 Å². The van der Waals surface area contributed by atoms with Crippen molar-refractivity contribution in [2.45, 2.75) is 38.3 Å². The van der Waals surface area contributed by atoms with Crippen LogP contribution < -0.4 is 15.4 Å². The maximum Gasteiger partial charge on any atom is 0.265 e. The first kappa shape index (κ1) is 15.7. The Balaban J connectivity index is 1.61. The molecule has 25 heavy (non-hydrogen) atoms. The summed E-state index contributed by atoms with van der Waals surface area (Å²) in [4.78, 5) is 24.6. The third kappa shape index (κ3) is 2.65. The summed E-state index contributed by atoms with van der Waals surface area (Å²) in [6.45, 7) is 1.66. The van der Waals surface area contributed by atoms with Crippen molar-refractivity contribution in [3.05, 3.63) is 41.2 Å². The van der Waals surface area contributed by atoms with Gasteiger partial charge >= 0.3 is 0 Å². The number of carbonyl (C=O) groups is 2. The summed E-state index contributed by atoms with van der Waals surface area (Å²) in [5, 5.41) is 10.2. The van der Waals surface area contributed by atoms with Gasteiger partial charge in [-0.25, -0.2) is 0 Å². The molecule has 1 aliphatic carbocycles. The molecule has 1 aromatic heterocycles. The Morgan fingerprint density at radius 2 is 2.28 bits per heavy atom. The number of hydrogen-bond donors (Lipinski definition) is 2. The first-order valence-electron chi connectivity index (χ1n) is 8.46. The van der Waals surface area contributed by atoms with Gasteiger partial charge in [-0.2, -0.15) is 5.10 Å². The van der Waals surface area contributed by atoms with E-state index >= 15 is 0 Å². The molecule has 2 aromatic rings. The van der Waals surface area contributed by atoms with Gasteiger partial charge in [0.2, 0.25) is 0 Å². The molecule has 0 saturated heterocycles. The van der Waals surface area contributed by atoms with E-state index in [2.05, 4.69) is 15.7 Å². The van der Waals surface area contributed by atoms with E-state index in [1.54, 1.807) is 25.1 Å². The molecule has 0 radical (unpaired) electrons. The van der Waals surface area contributed by atoms with Crippen LogP contribution in [0.3, 0.4) is 0 Å². The number of fused-ring (bicyclic) bond motifs is 2. The Bertz CT molecular complexity index is 858. The van der Waals surface area contributed by atoms with Crippen LogP contribution in [0.5, 0.6) is 5.75 Å². The SMILES string of the molecule is C[C@@H]1Oc2c(cccc2C(=O)N[C@H]2CCCc3c2cnn3C)NC1=O. The lowest BCUT2D eigenvalue weighted by atomic mass is 9.92. The van der Waals surface area contributed by atoms with Crippen LogP contribution >= 0.6 is 0 Å². The van der Waals surface area contributed by atoms with E-state index in [-0.39, 0.29) is 17.9 Å².